The molecule has 5 nitrogen and oxygen atoms in total. The number of hydrogen-bond acceptors (Lipinski definition) is 5. The summed E-state index contributed by atoms with van der Waals surface area (Å²) >= 11 is 0. The molecule has 0 bridgehead atoms. The van der Waals surface area contributed by atoms with Gasteiger partial charge in [-0.25, -0.2) is 9.97 Å². The lowest BCUT2D eigenvalue weighted by Crippen LogP contribution is -2.34. The Bertz CT molecular complexity index is 495. The molecule has 0 unspecified atom stereocenters. The quantitative estimate of drug-likeness (QED) is 0.898. The first-order chi connectivity index (χ1) is 9.24. The number of anilines is 2. The Morgan fingerprint density at radius 1 is 1.26 bits per heavy atom. The zero-order valence-corrected chi connectivity index (χ0v) is 11.3. The summed E-state index contributed by atoms with van der Waals surface area (Å²) in [5, 5.41) is 12.4. The van der Waals surface area contributed by atoms with Gasteiger partial charge >= 0.3 is 0 Å². The van der Waals surface area contributed by atoms with Crippen molar-refractivity contribution in [2.75, 3.05) is 23.3 Å². The monoisotopic (exact) mass is 257 g/mol. The lowest BCUT2D eigenvalue weighted by molar-refractivity contribution is 0.485. The predicted octanol–water partition coefficient (Wildman–Crippen LogP) is 2.10. The molecule has 0 atom stereocenters. The first-order valence-electron chi connectivity index (χ1n) is 7.01. The van der Waals surface area contributed by atoms with E-state index in [4.69, 9.17) is 5.26 Å². The van der Waals surface area contributed by atoms with E-state index in [1.807, 2.05) is 13.0 Å². The van der Waals surface area contributed by atoms with Crippen LogP contribution in [0.5, 0.6) is 0 Å². The number of hydrogen-bond donors (Lipinski definition) is 1. The van der Waals surface area contributed by atoms with Crippen molar-refractivity contribution in [2.45, 2.75) is 38.6 Å². The third-order valence-corrected chi connectivity index (χ3v) is 3.76. The molecule has 2 heterocycles. The molecule has 0 aromatic carbocycles. The summed E-state index contributed by atoms with van der Waals surface area (Å²) in [6.45, 7) is 3.76. The van der Waals surface area contributed by atoms with Crippen LogP contribution in [0.15, 0.2) is 6.07 Å². The lowest BCUT2D eigenvalue weighted by atomic mass is 9.99. The number of aryl methyl sites for hydroxylation is 1. The summed E-state index contributed by atoms with van der Waals surface area (Å²) in [6.07, 6.45) is 4.35. The number of nitrogens with zero attached hydrogens (tertiary/aromatic N) is 4. The van der Waals surface area contributed by atoms with E-state index in [1.165, 1.54) is 12.8 Å². The fraction of sp³-hybridized carbons (Fsp3) is 0.643. The van der Waals surface area contributed by atoms with E-state index in [0.717, 1.165) is 43.4 Å². The van der Waals surface area contributed by atoms with E-state index in [2.05, 4.69) is 26.3 Å². The van der Waals surface area contributed by atoms with Crippen LogP contribution in [0.3, 0.4) is 0 Å². The minimum Gasteiger partial charge on any atom is -0.367 e. The molecule has 0 radical (unpaired) electrons. The molecule has 0 amide bonds. The number of piperidine rings is 1. The van der Waals surface area contributed by atoms with Crippen LogP contribution >= 0.6 is 0 Å². The van der Waals surface area contributed by atoms with Crippen LogP contribution in [0.25, 0.3) is 0 Å². The van der Waals surface area contributed by atoms with Crippen molar-refractivity contribution in [1.82, 2.24) is 9.97 Å². The summed E-state index contributed by atoms with van der Waals surface area (Å²) in [4.78, 5) is 11.2. The van der Waals surface area contributed by atoms with Crippen LogP contribution in [0, 0.1) is 24.2 Å². The minimum absolute atomic E-state index is 0.211. The first kappa shape index (κ1) is 12.2. The van der Waals surface area contributed by atoms with Crippen LogP contribution in [0.4, 0.5) is 11.6 Å². The van der Waals surface area contributed by atoms with Crippen molar-refractivity contribution in [2.24, 2.45) is 5.92 Å². The topological polar surface area (TPSA) is 64.8 Å². The average molecular weight is 257 g/mol. The highest BCUT2D eigenvalue weighted by Crippen LogP contribution is 2.27. The molecule has 1 aliphatic carbocycles. The molecule has 1 saturated carbocycles. The number of aromatic nitrogens is 2. The van der Waals surface area contributed by atoms with Crippen LogP contribution in [-0.2, 0) is 0 Å². The second-order valence-corrected chi connectivity index (χ2v) is 5.47. The van der Waals surface area contributed by atoms with E-state index in [9.17, 15) is 0 Å². The third-order valence-electron chi connectivity index (χ3n) is 3.76. The van der Waals surface area contributed by atoms with E-state index < -0.39 is 0 Å². The molecule has 3 rings (SSSR count). The molecule has 2 aliphatic rings. The van der Waals surface area contributed by atoms with Crippen LogP contribution in [0.1, 0.15) is 31.5 Å². The van der Waals surface area contributed by atoms with Gasteiger partial charge in [0, 0.05) is 31.1 Å². The molecular weight excluding hydrogens is 238 g/mol. The maximum Gasteiger partial charge on any atom is 0.134 e. The van der Waals surface area contributed by atoms with Crippen molar-refractivity contribution in [3.05, 3.63) is 11.9 Å². The molecule has 5 heteroatoms. The third kappa shape index (κ3) is 2.95. The zero-order chi connectivity index (χ0) is 13.2. The minimum atomic E-state index is 0.211. The first-order valence-corrected chi connectivity index (χ1v) is 7.01. The van der Waals surface area contributed by atoms with Gasteiger partial charge < -0.3 is 10.2 Å². The standard InChI is InChI=1S/C14H19N5/c1-10-16-13(18-12-2-3-12)8-14(17-10)19-6-4-11(9-15)5-7-19/h8,11-12H,2-7H2,1H3,(H,16,17,18). The van der Waals surface area contributed by atoms with Crippen molar-refractivity contribution < 1.29 is 0 Å². The van der Waals surface area contributed by atoms with Crippen molar-refractivity contribution in [1.29, 1.82) is 5.26 Å². The Kier molecular flexibility index (Phi) is 3.24. The van der Waals surface area contributed by atoms with Crippen molar-refractivity contribution in [3.8, 4) is 6.07 Å². The Balaban J connectivity index is 1.73. The maximum atomic E-state index is 8.94. The number of nitriles is 1. The van der Waals surface area contributed by atoms with E-state index in [1.54, 1.807) is 0 Å². The molecule has 1 saturated heterocycles. The highest BCUT2D eigenvalue weighted by atomic mass is 15.2. The molecular formula is C14H19N5. The number of rotatable bonds is 3. The Labute approximate surface area is 113 Å². The average Bonchev–Trinajstić information content (AvgIpc) is 3.22. The van der Waals surface area contributed by atoms with Crippen LogP contribution in [0.2, 0.25) is 0 Å². The van der Waals surface area contributed by atoms with E-state index in [0.29, 0.717) is 6.04 Å². The molecule has 1 aromatic heterocycles. The molecule has 19 heavy (non-hydrogen) atoms. The van der Waals surface area contributed by atoms with E-state index in [-0.39, 0.29) is 5.92 Å². The van der Waals surface area contributed by atoms with Gasteiger partial charge in [0.15, 0.2) is 0 Å². The SMILES string of the molecule is Cc1nc(NC2CC2)cc(N2CCC(C#N)CC2)n1. The molecule has 0 spiro atoms. The summed E-state index contributed by atoms with van der Waals surface area (Å²) in [5.41, 5.74) is 0. The molecule has 2 fully saturated rings. The van der Waals surface area contributed by atoms with E-state index >= 15 is 0 Å². The summed E-state index contributed by atoms with van der Waals surface area (Å²) in [5.74, 6) is 2.95. The molecule has 1 aliphatic heterocycles. The molecule has 1 aromatic rings. The van der Waals surface area contributed by atoms with Crippen molar-refractivity contribution in [3.63, 3.8) is 0 Å². The van der Waals surface area contributed by atoms with Gasteiger partial charge in [-0.05, 0) is 32.6 Å². The van der Waals surface area contributed by atoms with Gasteiger partial charge in [-0.3, -0.25) is 0 Å². The molecule has 1 N–H and O–H groups in total. The van der Waals surface area contributed by atoms with Crippen molar-refractivity contribution >= 4 is 11.6 Å². The van der Waals surface area contributed by atoms with Crippen LogP contribution < -0.4 is 10.2 Å². The Hall–Kier alpha value is -1.83. The van der Waals surface area contributed by atoms with Gasteiger partial charge in [-0.2, -0.15) is 5.26 Å². The normalized spacial score (nSPS) is 20.1. The second kappa shape index (κ2) is 5.04. The van der Waals surface area contributed by atoms with Gasteiger partial charge in [0.05, 0.1) is 6.07 Å². The summed E-state index contributed by atoms with van der Waals surface area (Å²) in [6, 6.07) is 5.00. The van der Waals surface area contributed by atoms with Gasteiger partial charge in [-0.1, -0.05) is 0 Å². The Morgan fingerprint density at radius 3 is 2.63 bits per heavy atom. The zero-order valence-electron chi connectivity index (χ0n) is 11.3. The van der Waals surface area contributed by atoms with Gasteiger partial charge in [0.2, 0.25) is 0 Å². The fourth-order valence-corrected chi connectivity index (χ4v) is 2.46. The summed E-state index contributed by atoms with van der Waals surface area (Å²) < 4.78 is 0. The number of nitrogens with one attached hydrogen (secondary N) is 1. The second-order valence-electron chi connectivity index (χ2n) is 5.47. The predicted molar refractivity (Wildman–Crippen MR) is 74.0 cm³/mol. The smallest absolute Gasteiger partial charge is 0.134 e. The highest BCUT2D eigenvalue weighted by molar-refractivity contribution is 5.50. The van der Waals surface area contributed by atoms with Gasteiger partial charge in [0.25, 0.3) is 0 Å². The Morgan fingerprint density at radius 2 is 2.00 bits per heavy atom. The van der Waals surface area contributed by atoms with Gasteiger partial charge in [0.1, 0.15) is 17.5 Å². The molecule has 100 valence electrons. The summed E-state index contributed by atoms with van der Waals surface area (Å²) in [7, 11) is 0. The fourth-order valence-electron chi connectivity index (χ4n) is 2.46. The van der Waals surface area contributed by atoms with Gasteiger partial charge in [-0.15, -0.1) is 0 Å². The van der Waals surface area contributed by atoms with Crippen LogP contribution in [-0.4, -0.2) is 29.1 Å². The lowest BCUT2D eigenvalue weighted by Gasteiger charge is -2.30. The highest BCUT2D eigenvalue weighted by Gasteiger charge is 2.23. The largest absolute Gasteiger partial charge is 0.367 e. The maximum absolute atomic E-state index is 8.94.